The van der Waals surface area contributed by atoms with Crippen LogP contribution in [0.3, 0.4) is 0 Å². The Morgan fingerprint density at radius 2 is 0.949 bits per heavy atom. The molecule has 0 saturated heterocycles. The molecule has 1 aromatic heterocycles. The van der Waals surface area contributed by atoms with Crippen molar-refractivity contribution >= 4 is 21.8 Å². The molecule has 182 valence electrons. The molecule has 2 aliphatic carbocycles. The van der Waals surface area contributed by atoms with Crippen molar-refractivity contribution in [2.24, 2.45) is 7.05 Å². The fraction of sp³-hybridized carbons (Fsp3) is 0.0526. The molecule has 0 atom stereocenters. The van der Waals surface area contributed by atoms with Crippen LogP contribution in [0.25, 0.3) is 55.2 Å². The second-order valence-electron chi connectivity index (χ2n) is 10.9. The minimum atomic E-state index is -0.313. The summed E-state index contributed by atoms with van der Waals surface area (Å²) in [5.41, 5.74) is 15.8. The molecule has 39 heavy (non-hydrogen) atoms. The zero-order valence-electron chi connectivity index (χ0n) is 21.6. The normalized spacial score (nSPS) is 14.0. The summed E-state index contributed by atoms with van der Waals surface area (Å²) in [7, 11) is 2.25. The van der Waals surface area contributed by atoms with Gasteiger partial charge >= 0.3 is 0 Å². The van der Waals surface area contributed by atoms with Crippen molar-refractivity contribution in [2.45, 2.75) is 5.41 Å². The minimum absolute atomic E-state index is 0.313. The van der Waals surface area contributed by atoms with Crippen molar-refractivity contribution in [3.8, 4) is 33.4 Å². The van der Waals surface area contributed by atoms with Crippen LogP contribution in [0.4, 0.5) is 0 Å². The van der Waals surface area contributed by atoms with Crippen LogP contribution in [0, 0.1) is 0 Å². The lowest BCUT2D eigenvalue weighted by atomic mass is 9.70. The van der Waals surface area contributed by atoms with Crippen LogP contribution in [0.15, 0.2) is 133 Å². The first-order valence-electron chi connectivity index (χ1n) is 13.7. The number of fused-ring (bicyclic) bond motifs is 14. The van der Waals surface area contributed by atoms with Crippen molar-refractivity contribution in [3.63, 3.8) is 0 Å². The monoisotopic (exact) mass is 495 g/mol. The first kappa shape index (κ1) is 21.1. The molecule has 2 aliphatic rings. The van der Waals surface area contributed by atoms with E-state index in [9.17, 15) is 0 Å². The van der Waals surface area contributed by atoms with Crippen LogP contribution >= 0.6 is 0 Å². The highest BCUT2D eigenvalue weighted by Gasteiger charge is 2.52. The standard InChI is InChI=1S/C38H25N/c1-39-36-25(24-12-3-2-4-13-24)17-11-18-28(36)29-22-23-34-35(37(29)39)30-16-7-10-21-33(30)38(34)31-19-8-5-14-26(31)27-15-6-9-20-32(27)38/h2-23H,1H3. The lowest BCUT2D eigenvalue weighted by Gasteiger charge is -2.30. The van der Waals surface area contributed by atoms with E-state index in [4.69, 9.17) is 0 Å². The summed E-state index contributed by atoms with van der Waals surface area (Å²) in [5.74, 6) is 0. The van der Waals surface area contributed by atoms with E-state index in [0.717, 1.165) is 0 Å². The molecule has 0 unspecified atom stereocenters. The maximum absolute atomic E-state index is 2.45. The number of rotatable bonds is 1. The Hall–Kier alpha value is -4.88. The molecule has 9 rings (SSSR count). The quantitative estimate of drug-likeness (QED) is 0.214. The van der Waals surface area contributed by atoms with Gasteiger partial charge in [0.25, 0.3) is 0 Å². The van der Waals surface area contributed by atoms with Crippen molar-refractivity contribution < 1.29 is 0 Å². The van der Waals surface area contributed by atoms with Crippen LogP contribution < -0.4 is 0 Å². The molecular formula is C38H25N. The molecule has 7 aromatic rings. The number of para-hydroxylation sites is 1. The fourth-order valence-corrected chi connectivity index (χ4v) is 7.82. The highest BCUT2D eigenvalue weighted by Crippen LogP contribution is 2.63. The highest BCUT2D eigenvalue weighted by atomic mass is 14.9. The number of hydrogen-bond acceptors (Lipinski definition) is 0. The summed E-state index contributed by atoms with van der Waals surface area (Å²) in [6.07, 6.45) is 0. The Labute approximate surface area is 227 Å². The topological polar surface area (TPSA) is 4.93 Å². The fourth-order valence-electron chi connectivity index (χ4n) is 7.82. The molecule has 1 nitrogen and oxygen atoms in total. The van der Waals surface area contributed by atoms with Crippen LogP contribution in [-0.2, 0) is 12.5 Å². The van der Waals surface area contributed by atoms with E-state index in [1.54, 1.807) is 0 Å². The molecule has 0 bridgehead atoms. The predicted octanol–water partition coefficient (Wildman–Crippen LogP) is 9.34. The summed E-state index contributed by atoms with van der Waals surface area (Å²) >= 11 is 0. The summed E-state index contributed by atoms with van der Waals surface area (Å²) in [6, 6.07) is 49.5. The molecule has 0 N–H and O–H groups in total. The second kappa shape index (κ2) is 7.36. The molecule has 1 heteroatoms. The van der Waals surface area contributed by atoms with E-state index in [0.29, 0.717) is 0 Å². The summed E-state index contributed by atoms with van der Waals surface area (Å²) in [6.45, 7) is 0. The Bertz CT molecular complexity index is 2080. The SMILES string of the molecule is Cn1c2c(-c3ccccc3)cccc2c2ccc3c(c21)-c1ccccc1C31c2ccccc2-c2ccccc21. The van der Waals surface area contributed by atoms with Gasteiger partial charge < -0.3 is 4.57 Å². The predicted molar refractivity (Wildman–Crippen MR) is 162 cm³/mol. The summed E-state index contributed by atoms with van der Waals surface area (Å²) in [5, 5.41) is 2.62. The van der Waals surface area contributed by atoms with E-state index in [1.807, 2.05) is 0 Å². The first-order chi connectivity index (χ1) is 19.3. The van der Waals surface area contributed by atoms with E-state index in [-0.39, 0.29) is 5.41 Å². The number of aromatic nitrogens is 1. The van der Waals surface area contributed by atoms with Gasteiger partial charge in [0.1, 0.15) is 0 Å². The lowest BCUT2D eigenvalue weighted by molar-refractivity contribution is 0.794. The van der Waals surface area contributed by atoms with Crippen molar-refractivity contribution in [2.75, 3.05) is 0 Å². The lowest BCUT2D eigenvalue weighted by Crippen LogP contribution is -2.25. The number of benzene rings is 6. The van der Waals surface area contributed by atoms with Gasteiger partial charge in [0.05, 0.1) is 16.4 Å². The van der Waals surface area contributed by atoms with E-state index in [1.165, 1.54) is 77.4 Å². The molecule has 1 spiro atoms. The molecule has 0 fully saturated rings. The average Bonchev–Trinajstić information content (AvgIpc) is 3.59. The maximum atomic E-state index is 2.45. The minimum Gasteiger partial charge on any atom is -0.343 e. The van der Waals surface area contributed by atoms with Crippen molar-refractivity contribution in [1.82, 2.24) is 4.57 Å². The Kier molecular flexibility index (Phi) is 3.98. The van der Waals surface area contributed by atoms with Gasteiger partial charge in [-0.1, -0.05) is 133 Å². The molecule has 0 radical (unpaired) electrons. The van der Waals surface area contributed by atoms with E-state index in [2.05, 4.69) is 145 Å². The third kappa shape index (κ3) is 2.42. The van der Waals surface area contributed by atoms with Crippen LogP contribution in [0.1, 0.15) is 22.3 Å². The van der Waals surface area contributed by atoms with Gasteiger partial charge in [0.2, 0.25) is 0 Å². The third-order valence-electron chi connectivity index (χ3n) is 9.22. The maximum Gasteiger partial charge on any atom is 0.0726 e. The zero-order valence-corrected chi connectivity index (χ0v) is 21.6. The third-order valence-corrected chi connectivity index (χ3v) is 9.22. The van der Waals surface area contributed by atoms with Crippen LogP contribution in [0.2, 0.25) is 0 Å². The van der Waals surface area contributed by atoms with Crippen LogP contribution in [-0.4, -0.2) is 4.57 Å². The van der Waals surface area contributed by atoms with Crippen molar-refractivity contribution in [1.29, 1.82) is 0 Å². The first-order valence-corrected chi connectivity index (χ1v) is 13.7. The number of aryl methyl sites for hydroxylation is 1. The average molecular weight is 496 g/mol. The largest absolute Gasteiger partial charge is 0.343 e. The summed E-state index contributed by atoms with van der Waals surface area (Å²) in [4.78, 5) is 0. The van der Waals surface area contributed by atoms with Gasteiger partial charge in [-0.3, -0.25) is 0 Å². The second-order valence-corrected chi connectivity index (χ2v) is 10.9. The van der Waals surface area contributed by atoms with Crippen molar-refractivity contribution in [3.05, 3.63) is 156 Å². The molecule has 6 aromatic carbocycles. The van der Waals surface area contributed by atoms with Gasteiger partial charge in [-0.25, -0.2) is 0 Å². The Morgan fingerprint density at radius 3 is 1.64 bits per heavy atom. The van der Waals surface area contributed by atoms with Gasteiger partial charge in [-0.15, -0.1) is 0 Å². The van der Waals surface area contributed by atoms with Gasteiger partial charge in [0.15, 0.2) is 0 Å². The smallest absolute Gasteiger partial charge is 0.0726 e. The molecule has 1 heterocycles. The molecule has 0 amide bonds. The van der Waals surface area contributed by atoms with Gasteiger partial charge in [-0.2, -0.15) is 0 Å². The Balaban J connectivity index is 1.48. The zero-order chi connectivity index (χ0) is 25.7. The van der Waals surface area contributed by atoms with Gasteiger partial charge in [-0.05, 0) is 44.5 Å². The van der Waals surface area contributed by atoms with E-state index >= 15 is 0 Å². The molecular weight excluding hydrogens is 470 g/mol. The number of nitrogens with zero attached hydrogens (tertiary/aromatic N) is 1. The van der Waals surface area contributed by atoms with Gasteiger partial charge in [0, 0.05) is 28.9 Å². The molecule has 0 aliphatic heterocycles. The van der Waals surface area contributed by atoms with Crippen LogP contribution in [0.5, 0.6) is 0 Å². The highest BCUT2D eigenvalue weighted by molar-refractivity contribution is 6.18. The number of hydrogen-bond donors (Lipinski definition) is 0. The Morgan fingerprint density at radius 1 is 0.410 bits per heavy atom. The molecule has 0 saturated carbocycles. The summed E-state index contributed by atoms with van der Waals surface area (Å²) < 4.78 is 2.45. The van der Waals surface area contributed by atoms with E-state index < -0.39 is 0 Å².